The average Bonchev–Trinajstić information content (AvgIpc) is 3.03. The molecule has 1 unspecified atom stereocenters. The summed E-state index contributed by atoms with van der Waals surface area (Å²) in [7, 11) is 0. The van der Waals surface area contributed by atoms with Crippen molar-refractivity contribution in [3.8, 4) is 5.75 Å². The molecule has 122 valence electrons. The van der Waals surface area contributed by atoms with E-state index in [1.807, 2.05) is 0 Å². The van der Waals surface area contributed by atoms with Gasteiger partial charge in [-0.2, -0.15) is 0 Å². The molecule has 1 aliphatic heterocycles. The van der Waals surface area contributed by atoms with Gasteiger partial charge in [-0.15, -0.1) is 0 Å². The number of hydrogen-bond acceptors (Lipinski definition) is 4. The van der Waals surface area contributed by atoms with Gasteiger partial charge in [0.2, 0.25) is 0 Å². The highest BCUT2D eigenvalue weighted by molar-refractivity contribution is 6.31. The van der Waals surface area contributed by atoms with Crippen LogP contribution < -0.4 is 15.8 Å². The van der Waals surface area contributed by atoms with Crippen molar-refractivity contribution < 1.29 is 14.3 Å². The van der Waals surface area contributed by atoms with Gasteiger partial charge in [0.25, 0.3) is 5.91 Å². The van der Waals surface area contributed by atoms with E-state index in [4.69, 9.17) is 26.8 Å². The number of amides is 1. The third kappa shape index (κ3) is 5.16. The fourth-order valence-corrected chi connectivity index (χ4v) is 2.65. The average molecular weight is 327 g/mol. The molecule has 1 aromatic rings. The molecular weight excluding hydrogens is 304 g/mol. The maximum Gasteiger partial charge on any atom is 0.255 e. The van der Waals surface area contributed by atoms with Gasteiger partial charge < -0.3 is 20.5 Å². The van der Waals surface area contributed by atoms with E-state index >= 15 is 0 Å². The first-order chi connectivity index (χ1) is 10.7. The number of nitrogens with two attached hydrogens (primary N) is 1. The first kappa shape index (κ1) is 17.1. The van der Waals surface area contributed by atoms with Crippen molar-refractivity contribution in [2.45, 2.75) is 19.3 Å². The zero-order valence-corrected chi connectivity index (χ0v) is 13.4. The highest BCUT2D eigenvalue weighted by Gasteiger charge is 2.16. The van der Waals surface area contributed by atoms with Gasteiger partial charge >= 0.3 is 0 Å². The Morgan fingerprint density at radius 3 is 3.09 bits per heavy atom. The SMILES string of the molecule is NCCOc1ccc(Cl)cc1C(=O)NCCCC1CCOC1. The van der Waals surface area contributed by atoms with Crippen LogP contribution in [0.3, 0.4) is 0 Å². The molecule has 22 heavy (non-hydrogen) atoms. The zero-order valence-electron chi connectivity index (χ0n) is 12.6. The predicted molar refractivity (Wildman–Crippen MR) is 86.5 cm³/mol. The Morgan fingerprint density at radius 2 is 2.36 bits per heavy atom. The molecule has 1 fully saturated rings. The lowest BCUT2D eigenvalue weighted by Crippen LogP contribution is -2.26. The van der Waals surface area contributed by atoms with E-state index in [1.165, 1.54) is 0 Å². The second kappa shape index (κ2) is 8.98. The number of benzene rings is 1. The number of ether oxygens (including phenoxy) is 2. The predicted octanol–water partition coefficient (Wildman–Crippen LogP) is 2.22. The van der Waals surface area contributed by atoms with Crippen LogP contribution in [0.5, 0.6) is 5.75 Å². The fourth-order valence-electron chi connectivity index (χ4n) is 2.47. The van der Waals surface area contributed by atoms with E-state index in [0.29, 0.717) is 41.9 Å². The highest BCUT2D eigenvalue weighted by Crippen LogP contribution is 2.23. The summed E-state index contributed by atoms with van der Waals surface area (Å²) in [4.78, 5) is 12.3. The van der Waals surface area contributed by atoms with E-state index in [0.717, 1.165) is 32.5 Å². The smallest absolute Gasteiger partial charge is 0.255 e. The van der Waals surface area contributed by atoms with Crippen LogP contribution in [-0.2, 0) is 4.74 Å². The van der Waals surface area contributed by atoms with Gasteiger partial charge in [-0.3, -0.25) is 4.79 Å². The van der Waals surface area contributed by atoms with E-state index in [2.05, 4.69) is 5.32 Å². The molecule has 0 spiro atoms. The minimum absolute atomic E-state index is 0.169. The van der Waals surface area contributed by atoms with Crippen LogP contribution in [0.2, 0.25) is 5.02 Å². The molecular formula is C16H23ClN2O3. The molecule has 1 saturated heterocycles. The molecule has 0 radical (unpaired) electrons. The summed E-state index contributed by atoms with van der Waals surface area (Å²) < 4.78 is 10.8. The lowest BCUT2D eigenvalue weighted by molar-refractivity contribution is 0.0948. The summed E-state index contributed by atoms with van der Waals surface area (Å²) in [6.07, 6.45) is 3.14. The van der Waals surface area contributed by atoms with E-state index in [1.54, 1.807) is 18.2 Å². The number of carbonyl (C=O) groups excluding carboxylic acids is 1. The minimum atomic E-state index is -0.169. The van der Waals surface area contributed by atoms with Crippen LogP contribution in [0, 0.1) is 5.92 Å². The molecule has 5 nitrogen and oxygen atoms in total. The topological polar surface area (TPSA) is 73.6 Å². The third-order valence-electron chi connectivity index (χ3n) is 3.66. The zero-order chi connectivity index (χ0) is 15.8. The van der Waals surface area contributed by atoms with E-state index in [-0.39, 0.29) is 5.91 Å². The van der Waals surface area contributed by atoms with Gasteiger partial charge in [0, 0.05) is 31.3 Å². The normalized spacial score (nSPS) is 17.5. The first-order valence-corrected chi connectivity index (χ1v) is 8.07. The Bertz CT molecular complexity index is 490. The molecule has 0 aliphatic carbocycles. The van der Waals surface area contributed by atoms with Crippen LogP contribution in [0.1, 0.15) is 29.6 Å². The van der Waals surface area contributed by atoms with Crippen LogP contribution in [-0.4, -0.2) is 38.8 Å². The maximum absolute atomic E-state index is 12.3. The number of nitrogens with one attached hydrogen (secondary N) is 1. The molecule has 0 aromatic heterocycles. The van der Waals surface area contributed by atoms with Crippen LogP contribution in [0.4, 0.5) is 0 Å². The number of carbonyl (C=O) groups is 1. The Labute approximate surface area is 136 Å². The van der Waals surface area contributed by atoms with Crippen molar-refractivity contribution in [1.82, 2.24) is 5.32 Å². The van der Waals surface area contributed by atoms with E-state index in [9.17, 15) is 4.79 Å². The number of hydrogen-bond donors (Lipinski definition) is 2. The largest absolute Gasteiger partial charge is 0.491 e. The van der Waals surface area contributed by atoms with Gasteiger partial charge in [0.05, 0.1) is 5.56 Å². The summed E-state index contributed by atoms with van der Waals surface area (Å²) in [6, 6.07) is 5.01. The monoisotopic (exact) mass is 326 g/mol. The molecule has 6 heteroatoms. The molecule has 0 bridgehead atoms. The van der Waals surface area contributed by atoms with Gasteiger partial charge in [0.1, 0.15) is 12.4 Å². The standard InChI is InChI=1S/C16H23ClN2O3/c17-13-3-4-15(22-9-6-18)14(10-13)16(20)19-7-1-2-12-5-8-21-11-12/h3-4,10,12H,1-2,5-9,11,18H2,(H,19,20). The lowest BCUT2D eigenvalue weighted by Gasteiger charge is -2.12. The van der Waals surface area contributed by atoms with Gasteiger partial charge in [-0.25, -0.2) is 0 Å². The molecule has 0 saturated carbocycles. The van der Waals surface area contributed by atoms with E-state index < -0.39 is 0 Å². The molecule has 1 heterocycles. The summed E-state index contributed by atoms with van der Waals surface area (Å²) in [5.74, 6) is 0.972. The second-order valence-electron chi connectivity index (χ2n) is 5.41. The lowest BCUT2D eigenvalue weighted by atomic mass is 10.0. The summed E-state index contributed by atoms with van der Waals surface area (Å²) >= 11 is 5.97. The van der Waals surface area contributed by atoms with Crippen LogP contribution in [0.15, 0.2) is 18.2 Å². The Kier molecular flexibility index (Phi) is 6.96. The maximum atomic E-state index is 12.3. The van der Waals surface area contributed by atoms with Crippen molar-refractivity contribution in [1.29, 1.82) is 0 Å². The van der Waals surface area contributed by atoms with Crippen LogP contribution >= 0.6 is 11.6 Å². The van der Waals surface area contributed by atoms with Gasteiger partial charge in [0.15, 0.2) is 0 Å². The summed E-state index contributed by atoms with van der Waals surface area (Å²) in [6.45, 7) is 3.11. The molecule has 1 amide bonds. The van der Waals surface area contributed by atoms with Crippen molar-refractivity contribution in [2.75, 3.05) is 32.9 Å². The molecule has 1 aromatic carbocycles. The fraction of sp³-hybridized carbons (Fsp3) is 0.562. The number of halogens is 1. The first-order valence-electron chi connectivity index (χ1n) is 7.69. The molecule has 1 aliphatic rings. The Balaban J connectivity index is 1.83. The van der Waals surface area contributed by atoms with Gasteiger partial charge in [-0.1, -0.05) is 11.6 Å². The molecule has 3 N–H and O–H groups in total. The third-order valence-corrected chi connectivity index (χ3v) is 3.90. The second-order valence-corrected chi connectivity index (χ2v) is 5.84. The molecule has 1 atom stereocenters. The number of rotatable bonds is 8. The Morgan fingerprint density at radius 1 is 1.50 bits per heavy atom. The van der Waals surface area contributed by atoms with Crippen molar-refractivity contribution in [3.05, 3.63) is 28.8 Å². The van der Waals surface area contributed by atoms with Gasteiger partial charge in [-0.05, 0) is 43.4 Å². The summed E-state index contributed by atoms with van der Waals surface area (Å²) in [5.41, 5.74) is 5.88. The Hall–Kier alpha value is -1.30. The van der Waals surface area contributed by atoms with Crippen molar-refractivity contribution >= 4 is 17.5 Å². The highest BCUT2D eigenvalue weighted by atomic mass is 35.5. The minimum Gasteiger partial charge on any atom is -0.491 e. The van der Waals surface area contributed by atoms with Crippen molar-refractivity contribution in [3.63, 3.8) is 0 Å². The summed E-state index contributed by atoms with van der Waals surface area (Å²) in [5, 5.41) is 3.43. The quantitative estimate of drug-likeness (QED) is 0.718. The molecule has 2 rings (SSSR count). The van der Waals surface area contributed by atoms with Crippen LogP contribution in [0.25, 0.3) is 0 Å². The van der Waals surface area contributed by atoms with Crippen molar-refractivity contribution in [2.24, 2.45) is 11.7 Å².